The first-order chi connectivity index (χ1) is 10.4. The number of aromatic nitrogens is 5. The van der Waals surface area contributed by atoms with E-state index in [1.54, 1.807) is 12.5 Å². The van der Waals surface area contributed by atoms with Gasteiger partial charge in [0, 0.05) is 11.8 Å². The molecule has 0 atom stereocenters. The quantitative estimate of drug-likeness (QED) is 0.708. The van der Waals surface area contributed by atoms with Crippen LogP contribution in [0.1, 0.15) is 0 Å². The molecule has 0 saturated carbocycles. The average molecular weight is 281 g/mol. The number of hydrogen-bond donors (Lipinski definition) is 0. The molecule has 4 rings (SSSR count). The fraction of sp³-hybridized carbons (Fsp3) is 0.143. The Bertz CT molecular complexity index is 773. The second kappa shape index (κ2) is 4.86. The van der Waals surface area contributed by atoms with Crippen LogP contribution in [-0.2, 0) is 0 Å². The first-order valence-corrected chi connectivity index (χ1v) is 6.48. The molecule has 0 spiro atoms. The summed E-state index contributed by atoms with van der Waals surface area (Å²) in [4.78, 5) is 12.6. The molecule has 0 bridgehead atoms. The number of hydrogen-bond acceptors (Lipinski definition) is 6. The van der Waals surface area contributed by atoms with Crippen LogP contribution < -0.4 is 9.47 Å². The minimum atomic E-state index is 0.472. The van der Waals surface area contributed by atoms with E-state index in [1.807, 2.05) is 24.3 Å². The monoisotopic (exact) mass is 281 g/mol. The Morgan fingerprint density at radius 1 is 1.05 bits per heavy atom. The molecule has 0 fully saturated rings. The van der Waals surface area contributed by atoms with Crippen LogP contribution in [0.4, 0.5) is 0 Å². The molecule has 0 unspecified atom stereocenters. The molecule has 7 heteroatoms. The van der Waals surface area contributed by atoms with Gasteiger partial charge in [-0.1, -0.05) is 0 Å². The third-order valence-electron chi connectivity index (χ3n) is 3.10. The molecular formula is C14H11N5O2. The molecule has 1 aromatic carbocycles. The first kappa shape index (κ1) is 11.8. The highest BCUT2D eigenvalue weighted by Crippen LogP contribution is 2.33. The van der Waals surface area contributed by atoms with Crippen LogP contribution in [0.2, 0.25) is 0 Å². The standard InChI is InChI=1S/C14H11N5O2/c1-2-12-13(21-6-5-20-12)7-10(1)11-3-4-16-14(18-11)19-9-15-8-17-19/h1-4,7-9H,5-6H2. The van der Waals surface area contributed by atoms with Crippen LogP contribution in [0.15, 0.2) is 43.1 Å². The lowest BCUT2D eigenvalue weighted by molar-refractivity contribution is 0.171. The molecule has 0 N–H and O–H groups in total. The van der Waals surface area contributed by atoms with Crippen molar-refractivity contribution in [2.24, 2.45) is 0 Å². The van der Waals surface area contributed by atoms with Gasteiger partial charge in [-0.15, -0.1) is 0 Å². The predicted molar refractivity (Wildman–Crippen MR) is 73.4 cm³/mol. The van der Waals surface area contributed by atoms with E-state index >= 15 is 0 Å². The maximum atomic E-state index is 5.59. The number of benzene rings is 1. The van der Waals surface area contributed by atoms with Gasteiger partial charge in [0.25, 0.3) is 5.95 Å². The zero-order chi connectivity index (χ0) is 14.1. The number of fused-ring (bicyclic) bond motifs is 1. The van der Waals surface area contributed by atoms with Crippen LogP contribution in [0.25, 0.3) is 17.2 Å². The molecule has 1 aliphatic rings. The van der Waals surface area contributed by atoms with Crippen molar-refractivity contribution in [3.8, 4) is 28.7 Å². The van der Waals surface area contributed by atoms with Crippen LogP contribution in [0, 0.1) is 0 Å². The largest absolute Gasteiger partial charge is 0.486 e. The molecule has 3 aromatic rings. The Labute approximate surface area is 120 Å². The topological polar surface area (TPSA) is 75.0 Å². The smallest absolute Gasteiger partial charge is 0.252 e. The lowest BCUT2D eigenvalue weighted by atomic mass is 10.1. The van der Waals surface area contributed by atoms with Gasteiger partial charge in [-0.3, -0.25) is 0 Å². The molecule has 7 nitrogen and oxygen atoms in total. The Morgan fingerprint density at radius 3 is 2.81 bits per heavy atom. The van der Waals surface area contributed by atoms with E-state index in [1.165, 1.54) is 11.0 Å². The van der Waals surface area contributed by atoms with Gasteiger partial charge >= 0.3 is 0 Å². The summed E-state index contributed by atoms with van der Waals surface area (Å²) in [5, 5.41) is 4.03. The molecule has 0 saturated heterocycles. The summed E-state index contributed by atoms with van der Waals surface area (Å²) in [6.07, 6.45) is 4.69. The number of ether oxygens (including phenoxy) is 2. The molecule has 2 aromatic heterocycles. The Kier molecular flexibility index (Phi) is 2.74. The van der Waals surface area contributed by atoms with E-state index in [0.717, 1.165) is 22.8 Å². The van der Waals surface area contributed by atoms with Crippen LogP contribution in [0.5, 0.6) is 11.5 Å². The van der Waals surface area contributed by atoms with Crippen molar-refractivity contribution >= 4 is 0 Å². The summed E-state index contributed by atoms with van der Waals surface area (Å²) in [6, 6.07) is 7.59. The normalized spacial score (nSPS) is 13.1. The van der Waals surface area contributed by atoms with Gasteiger partial charge in [-0.2, -0.15) is 9.78 Å². The summed E-state index contributed by atoms with van der Waals surface area (Å²) in [7, 11) is 0. The van der Waals surface area contributed by atoms with Crippen molar-refractivity contribution < 1.29 is 9.47 Å². The fourth-order valence-corrected chi connectivity index (χ4v) is 2.13. The van der Waals surface area contributed by atoms with Gasteiger partial charge < -0.3 is 9.47 Å². The highest BCUT2D eigenvalue weighted by Gasteiger charge is 2.13. The van der Waals surface area contributed by atoms with Crippen molar-refractivity contribution in [2.75, 3.05) is 13.2 Å². The summed E-state index contributed by atoms with van der Waals surface area (Å²) in [6.45, 7) is 1.14. The third-order valence-corrected chi connectivity index (χ3v) is 3.10. The zero-order valence-electron chi connectivity index (χ0n) is 11.0. The van der Waals surface area contributed by atoms with Gasteiger partial charge in [0.15, 0.2) is 11.5 Å². The Balaban J connectivity index is 1.75. The summed E-state index contributed by atoms with van der Waals surface area (Å²) in [5.41, 5.74) is 1.72. The molecule has 104 valence electrons. The molecule has 0 amide bonds. The molecule has 0 aliphatic carbocycles. The molecule has 3 heterocycles. The summed E-state index contributed by atoms with van der Waals surface area (Å²) in [5.74, 6) is 1.97. The van der Waals surface area contributed by atoms with Crippen molar-refractivity contribution in [3.63, 3.8) is 0 Å². The lowest BCUT2D eigenvalue weighted by Gasteiger charge is -2.18. The minimum Gasteiger partial charge on any atom is -0.486 e. The second-order valence-electron chi connectivity index (χ2n) is 4.44. The van der Waals surface area contributed by atoms with E-state index in [2.05, 4.69) is 20.1 Å². The SMILES string of the molecule is c1cc(-c2ccc3c(c2)OCCO3)nc(-n2cncn2)n1. The van der Waals surface area contributed by atoms with Gasteiger partial charge in [0.05, 0.1) is 5.69 Å². The third kappa shape index (κ3) is 2.18. The second-order valence-corrected chi connectivity index (χ2v) is 4.44. The molecule has 0 radical (unpaired) electrons. The van der Waals surface area contributed by atoms with Gasteiger partial charge in [0.2, 0.25) is 0 Å². The van der Waals surface area contributed by atoms with Crippen LogP contribution >= 0.6 is 0 Å². The first-order valence-electron chi connectivity index (χ1n) is 6.48. The van der Waals surface area contributed by atoms with Crippen molar-refractivity contribution in [1.29, 1.82) is 0 Å². The highest BCUT2D eigenvalue weighted by molar-refractivity contribution is 5.64. The van der Waals surface area contributed by atoms with Gasteiger partial charge in [-0.25, -0.2) is 15.0 Å². The molecular weight excluding hydrogens is 270 g/mol. The van der Waals surface area contributed by atoms with Gasteiger partial charge in [0.1, 0.15) is 25.9 Å². The van der Waals surface area contributed by atoms with E-state index in [0.29, 0.717) is 19.2 Å². The van der Waals surface area contributed by atoms with Crippen LogP contribution in [0.3, 0.4) is 0 Å². The van der Waals surface area contributed by atoms with E-state index in [-0.39, 0.29) is 0 Å². The number of rotatable bonds is 2. The van der Waals surface area contributed by atoms with Crippen molar-refractivity contribution in [3.05, 3.63) is 43.1 Å². The van der Waals surface area contributed by atoms with E-state index < -0.39 is 0 Å². The minimum absolute atomic E-state index is 0.472. The van der Waals surface area contributed by atoms with E-state index in [9.17, 15) is 0 Å². The molecule has 21 heavy (non-hydrogen) atoms. The maximum absolute atomic E-state index is 5.59. The fourth-order valence-electron chi connectivity index (χ4n) is 2.13. The average Bonchev–Trinajstić information content (AvgIpc) is 3.09. The predicted octanol–water partition coefficient (Wildman–Crippen LogP) is 1.50. The summed E-state index contributed by atoms with van der Waals surface area (Å²) < 4.78 is 12.6. The van der Waals surface area contributed by atoms with Gasteiger partial charge in [-0.05, 0) is 24.3 Å². The lowest BCUT2D eigenvalue weighted by Crippen LogP contribution is -2.15. The van der Waals surface area contributed by atoms with Crippen molar-refractivity contribution in [1.82, 2.24) is 24.7 Å². The highest BCUT2D eigenvalue weighted by atomic mass is 16.6. The molecule has 1 aliphatic heterocycles. The Hall–Kier alpha value is -2.96. The van der Waals surface area contributed by atoms with E-state index in [4.69, 9.17) is 9.47 Å². The van der Waals surface area contributed by atoms with Crippen molar-refractivity contribution in [2.45, 2.75) is 0 Å². The summed E-state index contributed by atoms with van der Waals surface area (Å²) >= 11 is 0. The zero-order valence-corrected chi connectivity index (χ0v) is 11.0. The maximum Gasteiger partial charge on any atom is 0.252 e. The van der Waals surface area contributed by atoms with Crippen LogP contribution in [-0.4, -0.2) is 37.9 Å². The Morgan fingerprint density at radius 2 is 1.95 bits per heavy atom. The number of nitrogens with zero attached hydrogens (tertiary/aromatic N) is 5.